The van der Waals surface area contributed by atoms with Crippen molar-refractivity contribution in [3.05, 3.63) is 23.4 Å². The number of carbonyl (C=O) groups is 1. The molecular formula is C6H6ClN3O. The molecule has 2 amide bonds. The summed E-state index contributed by atoms with van der Waals surface area (Å²) in [5.74, 6) is 0.391. The highest BCUT2D eigenvalue weighted by atomic mass is 35.5. The molecule has 0 fully saturated rings. The molecule has 58 valence electrons. The van der Waals surface area contributed by atoms with Gasteiger partial charge in [0.15, 0.2) is 0 Å². The van der Waals surface area contributed by atoms with Crippen LogP contribution in [0.4, 0.5) is 10.6 Å². The molecule has 0 saturated carbocycles. The quantitative estimate of drug-likeness (QED) is 0.667. The maximum atomic E-state index is 10.3. The van der Waals surface area contributed by atoms with Crippen LogP contribution in [0.2, 0.25) is 5.02 Å². The Morgan fingerprint density at radius 2 is 2.36 bits per heavy atom. The summed E-state index contributed by atoms with van der Waals surface area (Å²) in [5.41, 5.74) is 4.84. The Balaban J connectivity index is 2.74. The van der Waals surface area contributed by atoms with Crippen LogP contribution in [0.1, 0.15) is 0 Å². The minimum atomic E-state index is -0.639. The van der Waals surface area contributed by atoms with Crippen molar-refractivity contribution in [2.24, 2.45) is 5.73 Å². The molecule has 0 radical (unpaired) electrons. The monoisotopic (exact) mass is 171 g/mol. The summed E-state index contributed by atoms with van der Waals surface area (Å²) in [4.78, 5) is 14.1. The van der Waals surface area contributed by atoms with Gasteiger partial charge in [0.2, 0.25) is 0 Å². The largest absolute Gasteiger partial charge is 0.351 e. The lowest BCUT2D eigenvalue weighted by Gasteiger charge is -1.98. The Kier molecular flexibility index (Phi) is 2.28. The average Bonchev–Trinajstić information content (AvgIpc) is 1.93. The normalized spacial score (nSPS) is 9.18. The van der Waals surface area contributed by atoms with E-state index < -0.39 is 6.03 Å². The van der Waals surface area contributed by atoms with E-state index in [4.69, 9.17) is 17.3 Å². The van der Waals surface area contributed by atoms with Gasteiger partial charge in [-0.05, 0) is 12.1 Å². The van der Waals surface area contributed by atoms with Gasteiger partial charge in [0.1, 0.15) is 5.82 Å². The molecule has 11 heavy (non-hydrogen) atoms. The maximum Gasteiger partial charge on any atom is 0.317 e. The van der Waals surface area contributed by atoms with Crippen LogP contribution in [0.15, 0.2) is 18.3 Å². The van der Waals surface area contributed by atoms with Crippen molar-refractivity contribution in [2.45, 2.75) is 0 Å². The number of primary amides is 1. The molecule has 1 aromatic heterocycles. The lowest BCUT2D eigenvalue weighted by Crippen LogP contribution is -2.19. The second-order valence-electron chi connectivity index (χ2n) is 1.85. The molecule has 0 unspecified atom stereocenters. The minimum absolute atomic E-state index is 0.391. The van der Waals surface area contributed by atoms with Crippen LogP contribution < -0.4 is 11.1 Å². The van der Waals surface area contributed by atoms with Crippen LogP contribution >= 0.6 is 11.6 Å². The number of nitrogens with zero attached hydrogens (tertiary/aromatic N) is 1. The fraction of sp³-hybridized carbons (Fsp3) is 0. The number of pyridine rings is 1. The molecule has 3 N–H and O–H groups in total. The van der Waals surface area contributed by atoms with Gasteiger partial charge in [0.05, 0.1) is 5.02 Å². The number of nitrogens with one attached hydrogen (secondary N) is 1. The smallest absolute Gasteiger partial charge is 0.317 e. The molecule has 0 aliphatic rings. The van der Waals surface area contributed by atoms with Gasteiger partial charge in [-0.25, -0.2) is 9.78 Å². The number of hydrogen-bond acceptors (Lipinski definition) is 2. The molecule has 0 bridgehead atoms. The van der Waals surface area contributed by atoms with Crippen molar-refractivity contribution in [2.75, 3.05) is 5.32 Å². The van der Waals surface area contributed by atoms with Crippen molar-refractivity contribution in [3.63, 3.8) is 0 Å². The summed E-state index contributed by atoms with van der Waals surface area (Å²) in [6.07, 6.45) is 1.42. The summed E-state index contributed by atoms with van der Waals surface area (Å²) in [6, 6.07) is 2.53. The summed E-state index contributed by atoms with van der Waals surface area (Å²) in [6.45, 7) is 0. The third kappa shape index (κ3) is 2.43. The zero-order chi connectivity index (χ0) is 8.27. The molecule has 0 atom stereocenters. The highest BCUT2D eigenvalue weighted by Crippen LogP contribution is 2.08. The fourth-order valence-electron chi connectivity index (χ4n) is 0.576. The van der Waals surface area contributed by atoms with Crippen molar-refractivity contribution in [1.82, 2.24) is 4.98 Å². The third-order valence-corrected chi connectivity index (χ3v) is 1.20. The summed E-state index contributed by atoms with van der Waals surface area (Å²) >= 11 is 5.54. The van der Waals surface area contributed by atoms with E-state index in [1.54, 1.807) is 12.1 Å². The molecule has 1 rings (SSSR count). The molecule has 5 heteroatoms. The topological polar surface area (TPSA) is 68.0 Å². The fourth-order valence-corrected chi connectivity index (χ4v) is 0.688. The second kappa shape index (κ2) is 3.21. The van der Waals surface area contributed by atoms with E-state index in [0.717, 1.165) is 0 Å². The summed E-state index contributed by atoms with van der Waals surface area (Å²) in [7, 11) is 0. The lowest BCUT2D eigenvalue weighted by atomic mass is 10.5. The number of halogens is 1. The first-order valence-electron chi connectivity index (χ1n) is 2.86. The molecule has 0 aliphatic heterocycles. The van der Waals surface area contributed by atoms with E-state index in [2.05, 4.69) is 10.3 Å². The number of aromatic nitrogens is 1. The van der Waals surface area contributed by atoms with Crippen molar-refractivity contribution < 1.29 is 4.79 Å². The van der Waals surface area contributed by atoms with Crippen molar-refractivity contribution in [3.8, 4) is 0 Å². The van der Waals surface area contributed by atoms with Gasteiger partial charge in [-0.1, -0.05) is 11.6 Å². The maximum absolute atomic E-state index is 10.3. The first-order chi connectivity index (χ1) is 5.18. The van der Waals surface area contributed by atoms with Crippen LogP contribution in [0, 0.1) is 0 Å². The van der Waals surface area contributed by atoms with E-state index in [1.807, 2.05) is 0 Å². The van der Waals surface area contributed by atoms with Gasteiger partial charge in [-0.2, -0.15) is 0 Å². The zero-order valence-electron chi connectivity index (χ0n) is 5.54. The first kappa shape index (κ1) is 7.81. The highest BCUT2D eigenvalue weighted by Gasteiger charge is 1.95. The summed E-state index contributed by atoms with van der Waals surface area (Å²) in [5, 5.41) is 2.81. The molecule has 0 aromatic carbocycles. The number of anilines is 1. The van der Waals surface area contributed by atoms with Crippen LogP contribution in [-0.2, 0) is 0 Å². The highest BCUT2D eigenvalue weighted by molar-refractivity contribution is 6.30. The molecule has 1 heterocycles. The van der Waals surface area contributed by atoms with E-state index in [0.29, 0.717) is 10.8 Å². The first-order valence-corrected chi connectivity index (χ1v) is 3.24. The molecule has 1 aromatic rings. The predicted molar refractivity (Wildman–Crippen MR) is 42.5 cm³/mol. The van der Waals surface area contributed by atoms with Crippen molar-refractivity contribution in [1.29, 1.82) is 0 Å². The Bertz CT molecular complexity index is 259. The standard InChI is InChI=1S/C6H6ClN3O/c7-4-1-2-5(9-3-4)10-6(8)11/h1-3H,(H3,8,9,10,11). The van der Waals surface area contributed by atoms with E-state index in [1.165, 1.54) is 6.20 Å². The predicted octanol–water partition coefficient (Wildman–Crippen LogP) is 1.23. The number of nitrogens with two attached hydrogens (primary N) is 1. The molecular weight excluding hydrogens is 166 g/mol. The van der Waals surface area contributed by atoms with E-state index >= 15 is 0 Å². The Hall–Kier alpha value is -1.29. The molecule has 0 aliphatic carbocycles. The summed E-state index contributed by atoms with van der Waals surface area (Å²) < 4.78 is 0. The minimum Gasteiger partial charge on any atom is -0.351 e. The zero-order valence-corrected chi connectivity index (χ0v) is 6.30. The van der Waals surface area contributed by atoms with Crippen LogP contribution in [0.5, 0.6) is 0 Å². The van der Waals surface area contributed by atoms with E-state index in [9.17, 15) is 4.79 Å². The van der Waals surface area contributed by atoms with Crippen LogP contribution in [0.3, 0.4) is 0 Å². The lowest BCUT2D eigenvalue weighted by molar-refractivity contribution is 0.259. The number of amides is 2. The Labute approximate surface area is 68.4 Å². The van der Waals surface area contributed by atoms with Gasteiger partial charge in [0.25, 0.3) is 0 Å². The number of carbonyl (C=O) groups excluding carboxylic acids is 1. The Morgan fingerprint density at radius 1 is 1.64 bits per heavy atom. The SMILES string of the molecule is NC(=O)Nc1ccc(Cl)cn1. The van der Waals surface area contributed by atoms with Crippen molar-refractivity contribution >= 4 is 23.4 Å². The van der Waals surface area contributed by atoms with E-state index in [-0.39, 0.29) is 0 Å². The van der Waals surface area contributed by atoms with Crippen LogP contribution in [0.25, 0.3) is 0 Å². The molecule has 0 spiro atoms. The number of rotatable bonds is 1. The van der Waals surface area contributed by atoms with Gasteiger partial charge in [0, 0.05) is 6.20 Å². The number of hydrogen-bond donors (Lipinski definition) is 2. The number of urea groups is 1. The third-order valence-electron chi connectivity index (χ3n) is 0.979. The average molecular weight is 172 g/mol. The van der Waals surface area contributed by atoms with Gasteiger partial charge in [-0.3, -0.25) is 5.32 Å². The van der Waals surface area contributed by atoms with Gasteiger partial charge >= 0.3 is 6.03 Å². The molecule has 4 nitrogen and oxygen atoms in total. The van der Waals surface area contributed by atoms with Crippen LogP contribution in [-0.4, -0.2) is 11.0 Å². The molecule has 0 saturated heterocycles. The van der Waals surface area contributed by atoms with Gasteiger partial charge < -0.3 is 5.73 Å². The van der Waals surface area contributed by atoms with Gasteiger partial charge in [-0.15, -0.1) is 0 Å². The second-order valence-corrected chi connectivity index (χ2v) is 2.29. The Morgan fingerprint density at radius 3 is 2.82 bits per heavy atom.